The van der Waals surface area contributed by atoms with Crippen LogP contribution in [0.25, 0.3) is 0 Å². The van der Waals surface area contributed by atoms with Gasteiger partial charge in [0.2, 0.25) is 5.12 Å². The van der Waals surface area contributed by atoms with Gasteiger partial charge in [0, 0.05) is 0 Å². The third-order valence-electron chi connectivity index (χ3n) is 2.60. The molecule has 0 amide bonds. The summed E-state index contributed by atoms with van der Waals surface area (Å²) in [6.07, 6.45) is 1.91. The highest BCUT2D eigenvalue weighted by molar-refractivity contribution is 8.13. The lowest BCUT2D eigenvalue weighted by Crippen LogP contribution is -2.43. The first kappa shape index (κ1) is 17.2. The van der Waals surface area contributed by atoms with Gasteiger partial charge in [0.05, 0.1) is 7.85 Å². The van der Waals surface area contributed by atoms with Gasteiger partial charge in [-0.25, -0.2) is 0 Å². The average Bonchev–Trinajstić information content (AvgIpc) is 2.27. The fraction of sp³-hybridized carbons (Fsp3) is 0.750. The Balaban J connectivity index is 4.86. The Morgan fingerprint density at radius 3 is 2.06 bits per heavy atom. The Morgan fingerprint density at radius 2 is 1.67 bits per heavy atom. The highest BCUT2D eigenvalue weighted by Crippen LogP contribution is 2.26. The van der Waals surface area contributed by atoms with Crippen LogP contribution in [0.2, 0.25) is 6.32 Å². The van der Waals surface area contributed by atoms with Crippen molar-refractivity contribution in [3.8, 4) is 0 Å². The van der Waals surface area contributed by atoms with E-state index < -0.39 is 17.0 Å². The van der Waals surface area contributed by atoms with Crippen LogP contribution in [0.3, 0.4) is 0 Å². The van der Waals surface area contributed by atoms with Crippen LogP contribution in [0.4, 0.5) is 0 Å². The van der Waals surface area contributed by atoms with Gasteiger partial charge < -0.3 is 4.74 Å². The van der Waals surface area contributed by atoms with Crippen LogP contribution in [0.5, 0.6) is 0 Å². The van der Waals surface area contributed by atoms with Crippen LogP contribution in [-0.4, -0.2) is 36.6 Å². The molecule has 0 aliphatic heterocycles. The molecule has 0 aromatic carbocycles. The van der Waals surface area contributed by atoms with Gasteiger partial charge >= 0.3 is 5.97 Å². The normalized spacial score (nSPS) is 12.1. The van der Waals surface area contributed by atoms with Crippen molar-refractivity contribution in [1.29, 1.82) is 0 Å². The Kier molecular flexibility index (Phi) is 6.13. The first-order chi connectivity index (χ1) is 8.09. The number of ether oxygens (including phenoxy) is 1. The summed E-state index contributed by atoms with van der Waals surface area (Å²) in [5.41, 5.74) is -2.52. The summed E-state index contributed by atoms with van der Waals surface area (Å²) >= 11 is 0.982. The van der Waals surface area contributed by atoms with E-state index in [1.165, 1.54) is 27.7 Å². The molecule has 0 spiro atoms. The summed E-state index contributed by atoms with van der Waals surface area (Å²) < 4.78 is 5.15. The number of carbonyl (C=O) groups is 3. The van der Waals surface area contributed by atoms with Crippen molar-refractivity contribution in [2.75, 3.05) is 6.26 Å². The highest BCUT2D eigenvalue weighted by atomic mass is 32.2. The zero-order chi connectivity index (χ0) is 14.6. The van der Waals surface area contributed by atoms with E-state index in [1.807, 2.05) is 0 Å². The number of esters is 1. The van der Waals surface area contributed by atoms with Crippen LogP contribution < -0.4 is 0 Å². The Morgan fingerprint density at radius 1 is 1.17 bits per heavy atom. The Hall–Kier alpha value is -0.775. The molecule has 0 aliphatic rings. The van der Waals surface area contributed by atoms with Crippen molar-refractivity contribution in [2.45, 2.75) is 46.0 Å². The van der Waals surface area contributed by atoms with Crippen LogP contribution in [-0.2, 0) is 19.1 Å². The van der Waals surface area contributed by atoms with Crippen molar-refractivity contribution in [1.82, 2.24) is 0 Å². The van der Waals surface area contributed by atoms with E-state index >= 15 is 0 Å². The molecule has 0 aromatic heterocycles. The minimum Gasteiger partial charge on any atom is -0.450 e. The lowest BCUT2D eigenvalue weighted by molar-refractivity contribution is -0.171. The van der Waals surface area contributed by atoms with Crippen LogP contribution in [0, 0.1) is 5.41 Å². The van der Waals surface area contributed by atoms with Gasteiger partial charge in [0.15, 0.2) is 5.60 Å². The van der Waals surface area contributed by atoms with Crippen LogP contribution in [0.1, 0.15) is 34.1 Å². The highest BCUT2D eigenvalue weighted by Gasteiger charge is 2.41. The maximum Gasteiger partial charge on any atom is 0.320 e. The molecule has 4 nitrogen and oxygen atoms in total. The molecule has 0 bridgehead atoms. The molecule has 0 aromatic rings. The molecule has 0 aliphatic carbocycles. The van der Waals surface area contributed by atoms with Crippen LogP contribution in [0.15, 0.2) is 0 Å². The molecule has 6 heteroatoms. The van der Waals surface area contributed by atoms with E-state index in [-0.39, 0.29) is 23.6 Å². The van der Waals surface area contributed by atoms with Gasteiger partial charge in [-0.1, -0.05) is 18.1 Å². The lowest BCUT2D eigenvalue weighted by atomic mass is 9.83. The topological polar surface area (TPSA) is 60.4 Å². The maximum atomic E-state index is 12.0. The number of thioether (sulfide) groups is 1. The van der Waals surface area contributed by atoms with E-state index in [2.05, 4.69) is 0 Å². The molecule has 0 unspecified atom stereocenters. The van der Waals surface area contributed by atoms with E-state index in [1.54, 1.807) is 6.26 Å². The Bertz CT molecular complexity index is 350. The summed E-state index contributed by atoms with van der Waals surface area (Å²) in [5.74, 6) is -0.990. The average molecular weight is 270 g/mol. The molecule has 0 atom stereocenters. The van der Waals surface area contributed by atoms with Crippen molar-refractivity contribution in [3.63, 3.8) is 0 Å². The summed E-state index contributed by atoms with van der Waals surface area (Å²) in [6.45, 7) is 5.97. The van der Waals surface area contributed by atoms with Gasteiger partial charge in [0.1, 0.15) is 11.2 Å². The molecule has 0 saturated carbocycles. The third kappa shape index (κ3) is 4.16. The summed E-state index contributed by atoms with van der Waals surface area (Å²) in [4.78, 5) is 35.3. The minimum atomic E-state index is -1.28. The number of carbonyl (C=O) groups excluding carboxylic acids is 3. The minimum absolute atomic E-state index is 0.110. The fourth-order valence-electron chi connectivity index (χ4n) is 1.20. The number of ketones is 1. The molecule has 2 radical (unpaired) electrons. The fourth-order valence-corrected chi connectivity index (χ4v) is 1.74. The summed E-state index contributed by atoms with van der Waals surface area (Å²) in [5, 5.41) is -0.266. The molecule has 0 rings (SSSR count). The van der Waals surface area contributed by atoms with Crippen molar-refractivity contribution in [3.05, 3.63) is 0 Å². The lowest BCUT2D eigenvalue weighted by Gasteiger charge is -2.28. The van der Waals surface area contributed by atoms with Gasteiger partial charge in [-0.3, -0.25) is 14.4 Å². The van der Waals surface area contributed by atoms with Gasteiger partial charge in [0.25, 0.3) is 0 Å². The first-order valence-electron chi connectivity index (χ1n) is 5.64. The zero-order valence-corrected chi connectivity index (χ0v) is 12.3. The molecule has 100 valence electrons. The number of Topliss-reactive ketones (excluding diaryl/α,β-unsaturated/α-hetero) is 1. The van der Waals surface area contributed by atoms with Crippen molar-refractivity contribution < 1.29 is 19.1 Å². The monoisotopic (exact) mass is 270 g/mol. The van der Waals surface area contributed by atoms with Crippen LogP contribution >= 0.6 is 11.8 Å². The molecule has 0 saturated heterocycles. The van der Waals surface area contributed by atoms with Crippen molar-refractivity contribution >= 4 is 36.5 Å². The van der Waals surface area contributed by atoms with E-state index in [4.69, 9.17) is 12.6 Å². The number of rotatable bonds is 6. The molecular formula is C12H19BO4S. The van der Waals surface area contributed by atoms with E-state index in [0.717, 1.165) is 11.8 Å². The van der Waals surface area contributed by atoms with Gasteiger partial charge in [-0.15, -0.1) is 0 Å². The second-order valence-corrected chi connectivity index (χ2v) is 5.76. The standard InChI is InChI=1S/C12H19BO4S/c1-11(2,8(14)6-7-13)9(15)17-12(3,4)10(16)18-5/h6-7H2,1-5H3. The first-order valence-corrected chi connectivity index (χ1v) is 6.87. The predicted molar refractivity (Wildman–Crippen MR) is 72.7 cm³/mol. The Labute approximate surface area is 114 Å². The van der Waals surface area contributed by atoms with Gasteiger partial charge in [-0.2, -0.15) is 0 Å². The third-order valence-corrected chi connectivity index (χ3v) is 3.47. The molecule has 0 fully saturated rings. The molecule has 0 heterocycles. The van der Waals surface area contributed by atoms with E-state index in [9.17, 15) is 14.4 Å². The van der Waals surface area contributed by atoms with Gasteiger partial charge in [-0.05, 0) is 40.4 Å². The smallest absolute Gasteiger partial charge is 0.320 e. The largest absolute Gasteiger partial charge is 0.450 e. The quantitative estimate of drug-likeness (QED) is 0.418. The maximum absolute atomic E-state index is 12.0. The number of hydrogen-bond acceptors (Lipinski definition) is 5. The predicted octanol–water partition coefficient (Wildman–Crippen LogP) is 1.77. The zero-order valence-electron chi connectivity index (χ0n) is 11.5. The molecular weight excluding hydrogens is 251 g/mol. The van der Waals surface area contributed by atoms with Crippen molar-refractivity contribution in [2.24, 2.45) is 5.41 Å². The SMILES string of the molecule is [B]CCC(=O)C(C)(C)C(=O)OC(C)(C)C(=O)SC. The summed E-state index contributed by atoms with van der Waals surface area (Å²) in [7, 11) is 5.29. The summed E-state index contributed by atoms with van der Waals surface area (Å²) in [6, 6.07) is 0. The second-order valence-electron chi connectivity index (χ2n) is 4.98. The molecule has 18 heavy (non-hydrogen) atoms. The number of hydrogen-bond donors (Lipinski definition) is 0. The molecule has 0 N–H and O–H groups in total. The van der Waals surface area contributed by atoms with E-state index in [0.29, 0.717) is 0 Å². The second kappa shape index (κ2) is 6.41.